The number of carbonyl (C=O) groups is 2. The Bertz CT molecular complexity index is 430. The molecule has 0 spiro atoms. The first-order chi connectivity index (χ1) is 8.40. The highest BCUT2D eigenvalue weighted by molar-refractivity contribution is 5.90. The molecule has 0 aliphatic carbocycles. The van der Waals surface area contributed by atoms with E-state index in [2.05, 4.69) is 15.5 Å². The highest BCUT2D eigenvalue weighted by Gasteiger charge is 2.19. The van der Waals surface area contributed by atoms with Gasteiger partial charge in [-0.1, -0.05) is 13.8 Å². The quantitative estimate of drug-likeness (QED) is 0.678. The molecule has 0 radical (unpaired) electrons. The maximum Gasteiger partial charge on any atom is 0.326 e. The van der Waals surface area contributed by atoms with Crippen molar-refractivity contribution >= 4 is 17.7 Å². The fourth-order valence-corrected chi connectivity index (χ4v) is 1.41. The highest BCUT2D eigenvalue weighted by atomic mass is 16.4. The summed E-state index contributed by atoms with van der Waals surface area (Å²) in [7, 11) is 0. The number of carboxylic acids is 1. The van der Waals surface area contributed by atoms with E-state index in [1.807, 2.05) is 13.8 Å². The van der Waals surface area contributed by atoms with E-state index in [1.54, 1.807) is 0 Å². The van der Waals surface area contributed by atoms with Gasteiger partial charge < -0.3 is 16.2 Å². The zero-order chi connectivity index (χ0) is 13.7. The number of primary amides is 1. The van der Waals surface area contributed by atoms with Crippen molar-refractivity contribution in [2.24, 2.45) is 11.7 Å². The summed E-state index contributed by atoms with van der Waals surface area (Å²) in [4.78, 5) is 21.8. The minimum atomic E-state index is -0.954. The van der Waals surface area contributed by atoms with Crippen LogP contribution in [0.15, 0.2) is 12.1 Å². The second-order valence-corrected chi connectivity index (χ2v) is 4.33. The van der Waals surface area contributed by atoms with Crippen LogP contribution in [-0.2, 0) is 4.79 Å². The van der Waals surface area contributed by atoms with Gasteiger partial charge in [0.05, 0.1) is 0 Å². The van der Waals surface area contributed by atoms with E-state index in [9.17, 15) is 9.59 Å². The molecule has 98 valence electrons. The Morgan fingerprint density at radius 2 is 2.06 bits per heavy atom. The van der Waals surface area contributed by atoms with Gasteiger partial charge in [-0.3, -0.25) is 4.79 Å². The van der Waals surface area contributed by atoms with Crippen molar-refractivity contribution in [1.82, 2.24) is 10.2 Å². The van der Waals surface area contributed by atoms with Crippen LogP contribution in [0.2, 0.25) is 0 Å². The lowest BCUT2D eigenvalue weighted by Gasteiger charge is -2.16. The van der Waals surface area contributed by atoms with Gasteiger partial charge in [-0.05, 0) is 24.5 Å². The second-order valence-electron chi connectivity index (χ2n) is 4.33. The number of aliphatic carboxylic acids is 1. The van der Waals surface area contributed by atoms with Gasteiger partial charge in [0.15, 0.2) is 5.69 Å². The van der Waals surface area contributed by atoms with Gasteiger partial charge in [0.1, 0.15) is 11.9 Å². The van der Waals surface area contributed by atoms with E-state index in [0.29, 0.717) is 12.2 Å². The van der Waals surface area contributed by atoms with Gasteiger partial charge in [-0.15, -0.1) is 10.2 Å². The van der Waals surface area contributed by atoms with Crippen LogP contribution in [0.5, 0.6) is 0 Å². The molecule has 0 aliphatic heterocycles. The molecule has 0 unspecified atom stereocenters. The summed E-state index contributed by atoms with van der Waals surface area (Å²) in [6.07, 6.45) is 0.467. The topological polar surface area (TPSA) is 118 Å². The van der Waals surface area contributed by atoms with Crippen molar-refractivity contribution in [2.75, 3.05) is 5.32 Å². The molecular formula is C11H16N4O3. The maximum absolute atomic E-state index is 11.0. The predicted octanol–water partition coefficient (Wildman–Crippen LogP) is 0.487. The third-order valence-electron chi connectivity index (χ3n) is 2.24. The van der Waals surface area contributed by atoms with E-state index in [1.165, 1.54) is 12.1 Å². The van der Waals surface area contributed by atoms with Crippen molar-refractivity contribution < 1.29 is 14.7 Å². The first-order valence-corrected chi connectivity index (χ1v) is 5.53. The summed E-state index contributed by atoms with van der Waals surface area (Å²) in [5, 5.41) is 19.1. The molecule has 1 amide bonds. The molecule has 0 aromatic carbocycles. The Kier molecular flexibility index (Phi) is 4.59. The molecule has 1 rings (SSSR count). The number of amides is 1. The number of anilines is 1. The average Bonchev–Trinajstić information content (AvgIpc) is 2.28. The molecule has 1 aromatic rings. The van der Waals surface area contributed by atoms with Crippen LogP contribution in [0.25, 0.3) is 0 Å². The normalized spacial score (nSPS) is 12.2. The van der Waals surface area contributed by atoms with Gasteiger partial charge in [0.2, 0.25) is 0 Å². The minimum Gasteiger partial charge on any atom is -0.480 e. The molecule has 1 heterocycles. The van der Waals surface area contributed by atoms with Gasteiger partial charge in [0.25, 0.3) is 5.91 Å². The number of hydrogen-bond donors (Lipinski definition) is 3. The molecule has 18 heavy (non-hydrogen) atoms. The van der Waals surface area contributed by atoms with Crippen LogP contribution in [0.1, 0.15) is 30.8 Å². The Hall–Kier alpha value is -2.18. The van der Waals surface area contributed by atoms with E-state index >= 15 is 0 Å². The monoisotopic (exact) mass is 252 g/mol. The van der Waals surface area contributed by atoms with Gasteiger partial charge in [0, 0.05) is 0 Å². The lowest BCUT2D eigenvalue weighted by Crippen LogP contribution is -2.31. The lowest BCUT2D eigenvalue weighted by molar-refractivity contribution is -0.138. The van der Waals surface area contributed by atoms with E-state index in [0.717, 1.165) is 0 Å². The summed E-state index contributed by atoms with van der Waals surface area (Å²) in [6, 6.07) is 2.13. The lowest BCUT2D eigenvalue weighted by atomic mass is 10.0. The fraction of sp³-hybridized carbons (Fsp3) is 0.455. The van der Waals surface area contributed by atoms with Crippen molar-refractivity contribution in [3.05, 3.63) is 17.8 Å². The summed E-state index contributed by atoms with van der Waals surface area (Å²) < 4.78 is 0. The number of aromatic nitrogens is 2. The summed E-state index contributed by atoms with van der Waals surface area (Å²) >= 11 is 0. The number of nitrogens with two attached hydrogens (primary N) is 1. The van der Waals surface area contributed by atoms with Crippen LogP contribution >= 0.6 is 0 Å². The molecule has 0 saturated heterocycles. The van der Waals surface area contributed by atoms with E-state index in [-0.39, 0.29) is 11.6 Å². The third-order valence-corrected chi connectivity index (χ3v) is 2.24. The SMILES string of the molecule is CC(C)C[C@@H](Nc1ccc(C(N)=O)nn1)C(=O)O. The molecule has 4 N–H and O–H groups in total. The molecule has 0 fully saturated rings. The average molecular weight is 252 g/mol. The summed E-state index contributed by atoms with van der Waals surface area (Å²) in [5.74, 6) is -1.10. The van der Waals surface area contributed by atoms with Gasteiger partial charge >= 0.3 is 5.97 Å². The molecule has 1 aromatic heterocycles. The number of carbonyl (C=O) groups excluding carboxylic acids is 1. The summed E-state index contributed by atoms with van der Waals surface area (Å²) in [5.41, 5.74) is 5.06. The van der Waals surface area contributed by atoms with Crippen LogP contribution in [-0.4, -0.2) is 33.2 Å². The largest absolute Gasteiger partial charge is 0.480 e. The van der Waals surface area contributed by atoms with E-state index in [4.69, 9.17) is 10.8 Å². The zero-order valence-corrected chi connectivity index (χ0v) is 10.3. The fourth-order valence-electron chi connectivity index (χ4n) is 1.41. The van der Waals surface area contributed by atoms with Crippen molar-refractivity contribution in [3.8, 4) is 0 Å². The number of nitrogens with one attached hydrogen (secondary N) is 1. The van der Waals surface area contributed by atoms with Crippen LogP contribution in [0.4, 0.5) is 5.82 Å². The summed E-state index contributed by atoms with van der Waals surface area (Å²) in [6.45, 7) is 3.86. The zero-order valence-electron chi connectivity index (χ0n) is 10.3. The Morgan fingerprint density at radius 1 is 1.39 bits per heavy atom. The number of rotatable bonds is 6. The molecule has 7 heteroatoms. The first-order valence-electron chi connectivity index (χ1n) is 5.53. The smallest absolute Gasteiger partial charge is 0.326 e. The molecular weight excluding hydrogens is 236 g/mol. The molecule has 7 nitrogen and oxygen atoms in total. The number of carboxylic acid groups (broad SMARTS) is 1. The Morgan fingerprint density at radius 3 is 2.44 bits per heavy atom. The predicted molar refractivity (Wildman–Crippen MR) is 65.1 cm³/mol. The second kappa shape index (κ2) is 5.95. The Balaban J connectivity index is 2.75. The third kappa shape index (κ3) is 4.00. The highest BCUT2D eigenvalue weighted by Crippen LogP contribution is 2.11. The number of hydrogen-bond acceptors (Lipinski definition) is 5. The van der Waals surface area contributed by atoms with Crippen molar-refractivity contribution in [2.45, 2.75) is 26.3 Å². The molecule has 1 atom stereocenters. The van der Waals surface area contributed by atoms with Crippen LogP contribution in [0, 0.1) is 5.92 Å². The van der Waals surface area contributed by atoms with Crippen molar-refractivity contribution in [1.29, 1.82) is 0 Å². The standard InChI is InChI=1S/C11H16N4O3/c1-6(2)5-8(11(17)18)13-9-4-3-7(10(12)16)14-15-9/h3-4,6,8H,5H2,1-2H3,(H2,12,16)(H,13,15)(H,17,18)/t8-/m1/s1. The Labute approximate surface area is 104 Å². The van der Waals surface area contributed by atoms with E-state index < -0.39 is 17.9 Å². The van der Waals surface area contributed by atoms with Gasteiger partial charge in [-0.25, -0.2) is 4.79 Å². The van der Waals surface area contributed by atoms with Crippen LogP contribution in [0.3, 0.4) is 0 Å². The minimum absolute atomic E-state index is 0.0382. The first kappa shape index (κ1) is 13.9. The number of nitrogens with zero attached hydrogens (tertiary/aromatic N) is 2. The van der Waals surface area contributed by atoms with Crippen molar-refractivity contribution in [3.63, 3.8) is 0 Å². The molecule has 0 saturated carbocycles. The maximum atomic E-state index is 11.0. The van der Waals surface area contributed by atoms with Crippen LogP contribution < -0.4 is 11.1 Å². The van der Waals surface area contributed by atoms with Gasteiger partial charge in [-0.2, -0.15) is 0 Å². The molecule has 0 bridgehead atoms. The molecule has 0 aliphatic rings.